The Hall–Kier alpha value is -2.74. The number of hydrogen-bond donors (Lipinski definition) is 2. The number of benzene rings is 1. The van der Waals surface area contributed by atoms with Crippen LogP contribution in [0.25, 0.3) is 5.69 Å². The number of para-hydroxylation sites is 1. The molecule has 0 atom stereocenters. The number of nitrogens with zero attached hydrogens (tertiary/aromatic N) is 2. The molecule has 0 radical (unpaired) electrons. The summed E-state index contributed by atoms with van der Waals surface area (Å²) < 4.78 is 1.50. The maximum Gasteiger partial charge on any atom is 0.257 e. The first-order valence-electron chi connectivity index (χ1n) is 5.34. The Bertz CT molecular complexity index is 595. The highest BCUT2D eigenvalue weighted by molar-refractivity contribution is 5.98. The van der Waals surface area contributed by atoms with E-state index in [2.05, 4.69) is 16.3 Å². The molecule has 0 unspecified atom stereocenters. The Morgan fingerprint density at radius 2 is 2.17 bits per heavy atom. The molecule has 3 N–H and O–H groups in total. The standard InChI is InChI=1S/C13H12N4O/c1-2-8-15-13(18)11-9-16-17(12(11)14)10-6-4-3-5-7-10/h1,3-7,9H,8,14H2,(H,15,18). The first-order valence-corrected chi connectivity index (χ1v) is 5.34. The van der Waals surface area contributed by atoms with Crippen molar-refractivity contribution in [3.8, 4) is 18.0 Å². The number of hydrogen-bond acceptors (Lipinski definition) is 3. The molecule has 5 nitrogen and oxygen atoms in total. The van der Waals surface area contributed by atoms with Crippen molar-refractivity contribution in [2.45, 2.75) is 0 Å². The van der Waals surface area contributed by atoms with Crippen LogP contribution >= 0.6 is 0 Å². The average molecular weight is 240 g/mol. The largest absolute Gasteiger partial charge is 0.383 e. The van der Waals surface area contributed by atoms with Gasteiger partial charge < -0.3 is 11.1 Å². The van der Waals surface area contributed by atoms with Crippen LogP contribution in [-0.2, 0) is 0 Å². The van der Waals surface area contributed by atoms with Crippen molar-refractivity contribution in [3.05, 3.63) is 42.1 Å². The first kappa shape index (κ1) is 11.7. The second-order valence-electron chi connectivity index (χ2n) is 3.58. The van der Waals surface area contributed by atoms with Gasteiger partial charge in [-0.1, -0.05) is 24.1 Å². The predicted octanol–water partition coefficient (Wildman–Crippen LogP) is 0.817. The lowest BCUT2D eigenvalue weighted by Crippen LogP contribution is -2.24. The fraction of sp³-hybridized carbons (Fsp3) is 0.0769. The van der Waals surface area contributed by atoms with E-state index in [1.54, 1.807) is 0 Å². The molecular weight excluding hydrogens is 228 g/mol. The molecule has 1 aromatic heterocycles. The van der Waals surface area contributed by atoms with E-state index in [-0.39, 0.29) is 18.3 Å². The molecule has 0 spiro atoms. The minimum atomic E-state index is -0.326. The van der Waals surface area contributed by atoms with E-state index in [0.717, 1.165) is 5.69 Å². The van der Waals surface area contributed by atoms with Crippen LogP contribution in [0.3, 0.4) is 0 Å². The van der Waals surface area contributed by atoms with Crippen LogP contribution in [0.1, 0.15) is 10.4 Å². The predicted molar refractivity (Wildman–Crippen MR) is 69.1 cm³/mol. The molecule has 18 heavy (non-hydrogen) atoms. The highest BCUT2D eigenvalue weighted by Gasteiger charge is 2.15. The molecular formula is C13H12N4O. The Morgan fingerprint density at radius 1 is 1.44 bits per heavy atom. The Morgan fingerprint density at radius 3 is 2.83 bits per heavy atom. The third-order valence-electron chi connectivity index (χ3n) is 2.40. The van der Waals surface area contributed by atoms with Gasteiger partial charge in [0.05, 0.1) is 18.4 Å². The summed E-state index contributed by atoms with van der Waals surface area (Å²) in [4.78, 5) is 11.7. The summed E-state index contributed by atoms with van der Waals surface area (Å²) in [5.74, 6) is 2.29. The van der Waals surface area contributed by atoms with E-state index in [9.17, 15) is 4.79 Å². The molecule has 1 amide bonds. The van der Waals surface area contributed by atoms with Crippen molar-refractivity contribution >= 4 is 11.7 Å². The molecule has 0 aliphatic carbocycles. The van der Waals surface area contributed by atoms with Crippen LogP contribution in [0.5, 0.6) is 0 Å². The fourth-order valence-electron chi connectivity index (χ4n) is 1.53. The zero-order valence-corrected chi connectivity index (χ0v) is 9.63. The zero-order valence-electron chi connectivity index (χ0n) is 9.63. The number of rotatable bonds is 3. The fourth-order valence-corrected chi connectivity index (χ4v) is 1.53. The van der Waals surface area contributed by atoms with Gasteiger partial charge in [0.2, 0.25) is 0 Å². The number of amides is 1. The van der Waals surface area contributed by atoms with Gasteiger partial charge in [0.15, 0.2) is 0 Å². The van der Waals surface area contributed by atoms with E-state index >= 15 is 0 Å². The first-order chi connectivity index (χ1) is 8.74. The van der Waals surface area contributed by atoms with Gasteiger partial charge in [-0.15, -0.1) is 6.42 Å². The molecule has 90 valence electrons. The van der Waals surface area contributed by atoms with Gasteiger partial charge in [0, 0.05) is 0 Å². The molecule has 0 bridgehead atoms. The molecule has 1 heterocycles. The number of aromatic nitrogens is 2. The molecule has 0 aliphatic rings. The van der Waals surface area contributed by atoms with Gasteiger partial charge >= 0.3 is 0 Å². The zero-order chi connectivity index (χ0) is 13.0. The lowest BCUT2D eigenvalue weighted by molar-refractivity contribution is 0.0959. The maximum absolute atomic E-state index is 11.7. The molecule has 5 heteroatoms. The highest BCUT2D eigenvalue weighted by atomic mass is 16.1. The lowest BCUT2D eigenvalue weighted by Gasteiger charge is -2.04. The molecule has 2 rings (SSSR count). The van der Waals surface area contributed by atoms with Gasteiger partial charge in [-0.25, -0.2) is 4.68 Å². The molecule has 0 fully saturated rings. The highest BCUT2D eigenvalue weighted by Crippen LogP contribution is 2.16. The maximum atomic E-state index is 11.7. The second-order valence-corrected chi connectivity index (χ2v) is 3.58. The lowest BCUT2D eigenvalue weighted by atomic mass is 10.3. The summed E-state index contributed by atoms with van der Waals surface area (Å²) in [5, 5.41) is 6.64. The van der Waals surface area contributed by atoms with E-state index < -0.39 is 0 Å². The van der Waals surface area contributed by atoms with Crippen molar-refractivity contribution in [2.24, 2.45) is 0 Å². The van der Waals surface area contributed by atoms with Gasteiger partial charge in [-0.2, -0.15) is 5.10 Å². The molecule has 0 aliphatic heterocycles. The third kappa shape index (κ3) is 2.18. The van der Waals surface area contributed by atoms with Crippen molar-refractivity contribution < 1.29 is 4.79 Å². The van der Waals surface area contributed by atoms with Crippen LogP contribution < -0.4 is 11.1 Å². The SMILES string of the molecule is C#CCNC(=O)c1cnn(-c2ccccc2)c1N. The van der Waals surface area contributed by atoms with Crippen molar-refractivity contribution in [3.63, 3.8) is 0 Å². The minimum Gasteiger partial charge on any atom is -0.383 e. The summed E-state index contributed by atoms with van der Waals surface area (Å²) in [7, 11) is 0. The Balaban J connectivity index is 2.30. The van der Waals surface area contributed by atoms with Crippen molar-refractivity contribution in [1.82, 2.24) is 15.1 Å². The molecule has 1 aromatic carbocycles. The number of carbonyl (C=O) groups excluding carboxylic acids is 1. The summed E-state index contributed by atoms with van der Waals surface area (Å²) in [6.07, 6.45) is 6.50. The summed E-state index contributed by atoms with van der Waals surface area (Å²) in [6.45, 7) is 0.161. The quantitative estimate of drug-likeness (QED) is 0.780. The van der Waals surface area contributed by atoms with Gasteiger partial charge in [0.1, 0.15) is 11.4 Å². The van der Waals surface area contributed by atoms with E-state index in [1.807, 2.05) is 30.3 Å². The smallest absolute Gasteiger partial charge is 0.257 e. The topological polar surface area (TPSA) is 72.9 Å². The van der Waals surface area contributed by atoms with Crippen LogP contribution in [0.15, 0.2) is 36.5 Å². The number of nitrogens with one attached hydrogen (secondary N) is 1. The number of carbonyl (C=O) groups is 1. The monoisotopic (exact) mass is 240 g/mol. The number of nitrogens with two attached hydrogens (primary N) is 1. The summed E-state index contributed by atoms with van der Waals surface area (Å²) in [5.41, 5.74) is 7.01. The van der Waals surface area contributed by atoms with Crippen LogP contribution in [0.4, 0.5) is 5.82 Å². The van der Waals surface area contributed by atoms with Crippen molar-refractivity contribution in [2.75, 3.05) is 12.3 Å². The van der Waals surface area contributed by atoms with Crippen molar-refractivity contribution in [1.29, 1.82) is 0 Å². The van der Waals surface area contributed by atoms with Gasteiger partial charge in [0.25, 0.3) is 5.91 Å². The van der Waals surface area contributed by atoms with E-state index in [4.69, 9.17) is 12.2 Å². The normalized spacial score (nSPS) is 9.72. The Kier molecular flexibility index (Phi) is 3.30. The van der Waals surface area contributed by atoms with E-state index in [1.165, 1.54) is 10.9 Å². The average Bonchev–Trinajstić information content (AvgIpc) is 2.79. The molecule has 0 saturated heterocycles. The van der Waals surface area contributed by atoms with Crippen LogP contribution in [0, 0.1) is 12.3 Å². The second kappa shape index (κ2) is 5.06. The van der Waals surface area contributed by atoms with Gasteiger partial charge in [-0.05, 0) is 12.1 Å². The van der Waals surface area contributed by atoms with Crippen LogP contribution in [0.2, 0.25) is 0 Å². The molecule has 2 aromatic rings. The molecule has 0 saturated carbocycles. The Labute approximate surface area is 105 Å². The van der Waals surface area contributed by atoms with Gasteiger partial charge in [-0.3, -0.25) is 4.79 Å². The minimum absolute atomic E-state index is 0.161. The third-order valence-corrected chi connectivity index (χ3v) is 2.40. The van der Waals surface area contributed by atoms with E-state index in [0.29, 0.717) is 5.56 Å². The van der Waals surface area contributed by atoms with Crippen LogP contribution in [-0.4, -0.2) is 22.2 Å². The number of terminal acetylenes is 1. The number of nitrogen functional groups attached to an aromatic ring is 1. The summed E-state index contributed by atoms with van der Waals surface area (Å²) >= 11 is 0. The number of anilines is 1. The summed E-state index contributed by atoms with van der Waals surface area (Å²) in [6, 6.07) is 9.34.